The maximum atomic E-state index is 12.6. The monoisotopic (exact) mass is 236 g/mol. The van der Waals surface area contributed by atoms with Crippen molar-refractivity contribution in [3.63, 3.8) is 0 Å². The average molecular weight is 236 g/mol. The van der Waals surface area contributed by atoms with Crippen LogP contribution in [0.15, 0.2) is 12.1 Å². The lowest BCUT2D eigenvalue weighted by molar-refractivity contribution is -0.138. The molecule has 0 saturated heterocycles. The summed E-state index contributed by atoms with van der Waals surface area (Å²) in [5.74, 6) is -2.39. The topological polar surface area (TPSA) is 60.7 Å². The Balaban J connectivity index is 3.45. The summed E-state index contributed by atoms with van der Waals surface area (Å²) >= 11 is 0. The van der Waals surface area contributed by atoms with E-state index in [0.29, 0.717) is 6.07 Å². The highest BCUT2D eigenvalue weighted by atomic mass is 19.4. The van der Waals surface area contributed by atoms with Crippen molar-refractivity contribution in [2.45, 2.75) is 19.0 Å². The van der Waals surface area contributed by atoms with E-state index in [-0.39, 0.29) is 0 Å². The molecule has 0 amide bonds. The van der Waals surface area contributed by atoms with Crippen LogP contribution in [-0.2, 0) is 6.18 Å². The lowest BCUT2D eigenvalue weighted by atomic mass is 9.94. The molecule has 3 nitrogen and oxygen atoms in total. The van der Waals surface area contributed by atoms with Gasteiger partial charge in [0.25, 0.3) is 0 Å². The Hall–Kier alpha value is -1.43. The van der Waals surface area contributed by atoms with Crippen molar-refractivity contribution < 1.29 is 28.5 Å². The van der Waals surface area contributed by atoms with Crippen LogP contribution in [0.1, 0.15) is 24.0 Å². The first-order valence-electron chi connectivity index (χ1n) is 4.52. The molecule has 0 aliphatic heterocycles. The molecular weight excluding hydrogens is 225 g/mol. The fraction of sp³-hybridized carbons (Fsp3) is 0.400. The number of phenolic OH excluding ortho intramolecular Hbond substituents is 2. The van der Waals surface area contributed by atoms with E-state index >= 15 is 0 Å². The molecule has 0 aliphatic carbocycles. The smallest absolute Gasteiger partial charge is 0.416 e. The Kier molecular flexibility index (Phi) is 3.32. The van der Waals surface area contributed by atoms with Gasteiger partial charge in [-0.2, -0.15) is 13.2 Å². The standard InChI is InChI=1S/C10H11F3O3/c1-5(4-14)8-6(10(11,12)13)2-3-7(15)9(8)16/h2-3,5,14-16H,4H2,1H3. The molecule has 16 heavy (non-hydrogen) atoms. The minimum absolute atomic E-state index is 0.491. The normalized spacial score (nSPS) is 13.8. The predicted octanol–water partition coefficient (Wildman–Crippen LogP) is 2.21. The Morgan fingerprint density at radius 3 is 2.25 bits per heavy atom. The Labute approximate surface area is 89.8 Å². The van der Waals surface area contributed by atoms with Gasteiger partial charge in [-0.15, -0.1) is 0 Å². The van der Waals surface area contributed by atoms with Crippen LogP contribution >= 0.6 is 0 Å². The number of aliphatic hydroxyl groups is 1. The van der Waals surface area contributed by atoms with E-state index in [9.17, 15) is 18.3 Å². The van der Waals surface area contributed by atoms with Crippen molar-refractivity contribution in [2.24, 2.45) is 0 Å². The summed E-state index contributed by atoms with van der Waals surface area (Å²) in [5, 5.41) is 27.4. The van der Waals surface area contributed by atoms with Gasteiger partial charge < -0.3 is 15.3 Å². The van der Waals surface area contributed by atoms with E-state index in [1.54, 1.807) is 0 Å². The lowest BCUT2D eigenvalue weighted by Gasteiger charge is -2.18. The van der Waals surface area contributed by atoms with Gasteiger partial charge in [0.05, 0.1) is 5.56 Å². The highest BCUT2D eigenvalue weighted by Crippen LogP contribution is 2.43. The van der Waals surface area contributed by atoms with Crippen molar-refractivity contribution in [3.05, 3.63) is 23.3 Å². The molecule has 0 heterocycles. The van der Waals surface area contributed by atoms with Gasteiger partial charge in [0.1, 0.15) is 0 Å². The first kappa shape index (κ1) is 12.6. The van der Waals surface area contributed by atoms with Crippen LogP contribution in [0.3, 0.4) is 0 Å². The van der Waals surface area contributed by atoms with Crippen molar-refractivity contribution in [1.82, 2.24) is 0 Å². The molecular formula is C10H11F3O3. The summed E-state index contributed by atoms with van der Waals surface area (Å²) in [6.07, 6.45) is -4.63. The number of rotatable bonds is 2. The van der Waals surface area contributed by atoms with Crippen molar-refractivity contribution >= 4 is 0 Å². The van der Waals surface area contributed by atoms with Gasteiger partial charge in [-0.1, -0.05) is 6.92 Å². The third kappa shape index (κ3) is 2.21. The number of halogens is 3. The summed E-state index contributed by atoms with van der Waals surface area (Å²) in [7, 11) is 0. The summed E-state index contributed by atoms with van der Waals surface area (Å²) in [6.45, 7) is 0.768. The van der Waals surface area contributed by atoms with Crippen LogP contribution in [0.2, 0.25) is 0 Å². The highest BCUT2D eigenvalue weighted by molar-refractivity contribution is 5.51. The molecule has 1 aromatic carbocycles. The van der Waals surface area contributed by atoms with Crippen molar-refractivity contribution in [2.75, 3.05) is 6.61 Å². The summed E-state index contributed by atoms with van der Waals surface area (Å²) in [6, 6.07) is 1.45. The van der Waals surface area contributed by atoms with Crippen LogP contribution in [0.5, 0.6) is 11.5 Å². The molecule has 6 heteroatoms. The Bertz CT molecular complexity index is 388. The maximum Gasteiger partial charge on any atom is 0.416 e. The Morgan fingerprint density at radius 1 is 1.25 bits per heavy atom. The second-order valence-electron chi connectivity index (χ2n) is 3.48. The number of aliphatic hydroxyl groups excluding tert-OH is 1. The number of benzene rings is 1. The number of alkyl halides is 3. The number of phenols is 2. The highest BCUT2D eigenvalue weighted by Gasteiger charge is 2.36. The van der Waals surface area contributed by atoms with E-state index in [1.165, 1.54) is 6.92 Å². The van der Waals surface area contributed by atoms with Gasteiger partial charge in [-0.25, -0.2) is 0 Å². The van der Waals surface area contributed by atoms with Crippen molar-refractivity contribution in [3.8, 4) is 11.5 Å². The summed E-state index contributed by atoms with van der Waals surface area (Å²) < 4.78 is 37.7. The first-order valence-corrected chi connectivity index (χ1v) is 4.52. The molecule has 3 N–H and O–H groups in total. The van der Waals surface area contributed by atoms with Crippen LogP contribution in [0.25, 0.3) is 0 Å². The van der Waals surface area contributed by atoms with E-state index in [2.05, 4.69) is 0 Å². The minimum atomic E-state index is -4.63. The zero-order valence-electron chi connectivity index (χ0n) is 8.41. The SMILES string of the molecule is CC(CO)c1c(C(F)(F)F)ccc(O)c1O. The summed E-state index contributed by atoms with van der Waals surface area (Å²) in [4.78, 5) is 0. The second kappa shape index (κ2) is 4.21. The van der Waals surface area contributed by atoms with Gasteiger partial charge in [0.15, 0.2) is 11.5 Å². The molecule has 1 rings (SSSR count). The van der Waals surface area contributed by atoms with Crippen molar-refractivity contribution in [1.29, 1.82) is 0 Å². The average Bonchev–Trinajstić information content (AvgIpc) is 2.19. The van der Waals surface area contributed by atoms with E-state index in [4.69, 9.17) is 10.2 Å². The minimum Gasteiger partial charge on any atom is -0.504 e. The van der Waals surface area contributed by atoms with Crippen LogP contribution in [0.4, 0.5) is 13.2 Å². The molecule has 0 saturated carbocycles. The van der Waals surface area contributed by atoms with Crippen LogP contribution in [-0.4, -0.2) is 21.9 Å². The van der Waals surface area contributed by atoms with E-state index < -0.39 is 41.3 Å². The molecule has 90 valence electrons. The second-order valence-corrected chi connectivity index (χ2v) is 3.48. The molecule has 1 aromatic rings. The molecule has 0 aromatic heterocycles. The number of hydrogen-bond donors (Lipinski definition) is 3. The van der Waals surface area contributed by atoms with Gasteiger partial charge in [-0.3, -0.25) is 0 Å². The molecule has 0 spiro atoms. The van der Waals surface area contributed by atoms with E-state index in [0.717, 1.165) is 6.07 Å². The Morgan fingerprint density at radius 2 is 1.81 bits per heavy atom. The van der Waals surface area contributed by atoms with Gasteiger partial charge in [-0.05, 0) is 12.1 Å². The molecule has 0 aliphatic rings. The molecule has 1 atom stereocenters. The summed E-state index contributed by atoms with van der Waals surface area (Å²) in [5.41, 5.74) is -1.54. The largest absolute Gasteiger partial charge is 0.504 e. The predicted molar refractivity (Wildman–Crippen MR) is 50.3 cm³/mol. The third-order valence-electron chi connectivity index (χ3n) is 2.27. The molecule has 0 fully saturated rings. The van der Waals surface area contributed by atoms with Crippen LogP contribution < -0.4 is 0 Å². The van der Waals surface area contributed by atoms with Gasteiger partial charge in [0.2, 0.25) is 0 Å². The fourth-order valence-corrected chi connectivity index (χ4v) is 1.43. The zero-order chi connectivity index (χ0) is 12.5. The van der Waals surface area contributed by atoms with E-state index in [1.807, 2.05) is 0 Å². The lowest BCUT2D eigenvalue weighted by Crippen LogP contribution is -2.12. The maximum absolute atomic E-state index is 12.6. The molecule has 0 radical (unpaired) electrons. The van der Waals surface area contributed by atoms with Crippen LogP contribution in [0, 0.1) is 0 Å². The molecule has 0 bridgehead atoms. The molecule has 1 unspecified atom stereocenters. The zero-order valence-corrected chi connectivity index (χ0v) is 8.41. The number of aromatic hydroxyl groups is 2. The fourth-order valence-electron chi connectivity index (χ4n) is 1.43. The van der Waals surface area contributed by atoms with Gasteiger partial charge >= 0.3 is 6.18 Å². The van der Waals surface area contributed by atoms with Gasteiger partial charge in [0, 0.05) is 18.1 Å². The number of hydrogen-bond acceptors (Lipinski definition) is 3. The third-order valence-corrected chi connectivity index (χ3v) is 2.27. The quantitative estimate of drug-likeness (QED) is 0.690. The first-order chi connectivity index (χ1) is 7.29.